The van der Waals surface area contributed by atoms with Crippen LogP contribution in [0.5, 0.6) is 0 Å². The summed E-state index contributed by atoms with van der Waals surface area (Å²) in [6.07, 6.45) is 3.89. The van der Waals surface area contributed by atoms with Crippen molar-refractivity contribution < 1.29 is 4.74 Å². The maximum atomic E-state index is 5.45. The third kappa shape index (κ3) is 4.35. The Hall–Kier alpha value is -2.34. The Morgan fingerprint density at radius 3 is 2.75 bits per heavy atom. The van der Waals surface area contributed by atoms with Gasteiger partial charge in [-0.05, 0) is 18.6 Å². The third-order valence-corrected chi connectivity index (χ3v) is 4.02. The molecule has 1 aromatic carbocycles. The number of aromatic nitrogens is 2. The van der Waals surface area contributed by atoms with Gasteiger partial charge in [0, 0.05) is 25.7 Å². The van der Waals surface area contributed by atoms with E-state index >= 15 is 0 Å². The molecule has 6 nitrogen and oxygen atoms in total. The summed E-state index contributed by atoms with van der Waals surface area (Å²) in [7, 11) is 0. The molecule has 128 valence electrons. The minimum atomic E-state index is 0.771. The van der Waals surface area contributed by atoms with E-state index < -0.39 is 0 Å². The zero-order valence-corrected chi connectivity index (χ0v) is 14.2. The van der Waals surface area contributed by atoms with Crippen molar-refractivity contribution in [2.75, 3.05) is 48.4 Å². The minimum Gasteiger partial charge on any atom is -0.378 e. The average molecular weight is 327 g/mol. The van der Waals surface area contributed by atoms with E-state index in [0.29, 0.717) is 0 Å². The van der Waals surface area contributed by atoms with Gasteiger partial charge in [0.1, 0.15) is 18.0 Å². The second-order valence-electron chi connectivity index (χ2n) is 5.81. The van der Waals surface area contributed by atoms with Crippen molar-refractivity contribution in [3.05, 3.63) is 36.7 Å². The molecule has 1 aliphatic rings. The predicted octanol–water partition coefficient (Wildman–Crippen LogP) is 3.27. The molecule has 0 saturated carbocycles. The highest BCUT2D eigenvalue weighted by molar-refractivity contribution is 5.74. The van der Waals surface area contributed by atoms with E-state index in [2.05, 4.69) is 50.6 Å². The van der Waals surface area contributed by atoms with Crippen LogP contribution >= 0.6 is 0 Å². The molecule has 1 aromatic heterocycles. The second kappa shape index (κ2) is 8.49. The van der Waals surface area contributed by atoms with Crippen molar-refractivity contribution in [1.82, 2.24) is 9.97 Å². The van der Waals surface area contributed by atoms with Gasteiger partial charge in [-0.25, -0.2) is 9.97 Å². The van der Waals surface area contributed by atoms with Crippen molar-refractivity contribution in [1.29, 1.82) is 0 Å². The summed E-state index contributed by atoms with van der Waals surface area (Å²) in [6.45, 7) is 6.47. The number of para-hydroxylation sites is 2. The van der Waals surface area contributed by atoms with Crippen LogP contribution in [-0.4, -0.2) is 42.8 Å². The Kier molecular flexibility index (Phi) is 5.85. The molecule has 0 bridgehead atoms. The first-order valence-electron chi connectivity index (χ1n) is 8.61. The number of nitrogens with zero attached hydrogens (tertiary/aromatic N) is 3. The fraction of sp³-hybridized carbons (Fsp3) is 0.444. The van der Waals surface area contributed by atoms with E-state index in [1.807, 2.05) is 12.1 Å². The second-order valence-corrected chi connectivity index (χ2v) is 5.81. The van der Waals surface area contributed by atoms with Gasteiger partial charge < -0.3 is 20.3 Å². The van der Waals surface area contributed by atoms with Gasteiger partial charge in [0.25, 0.3) is 0 Å². The molecule has 1 saturated heterocycles. The van der Waals surface area contributed by atoms with Gasteiger partial charge in [-0.3, -0.25) is 0 Å². The molecule has 1 aliphatic heterocycles. The van der Waals surface area contributed by atoms with Crippen LogP contribution in [0.1, 0.15) is 19.8 Å². The molecule has 0 aliphatic carbocycles. The van der Waals surface area contributed by atoms with Gasteiger partial charge >= 0.3 is 0 Å². The molecule has 6 heteroatoms. The summed E-state index contributed by atoms with van der Waals surface area (Å²) >= 11 is 0. The van der Waals surface area contributed by atoms with Crippen LogP contribution in [-0.2, 0) is 4.74 Å². The van der Waals surface area contributed by atoms with Crippen molar-refractivity contribution in [3.8, 4) is 0 Å². The topological polar surface area (TPSA) is 62.3 Å². The van der Waals surface area contributed by atoms with E-state index in [1.54, 1.807) is 6.33 Å². The zero-order valence-electron chi connectivity index (χ0n) is 14.2. The highest BCUT2D eigenvalue weighted by Gasteiger charge is 2.14. The molecule has 2 aromatic rings. The first kappa shape index (κ1) is 16.5. The lowest BCUT2D eigenvalue weighted by atomic mass is 10.2. The van der Waals surface area contributed by atoms with Gasteiger partial charge in [-0.2, -0.15) is 0 Å². The third-order valence-electron chi connectivity index (χ3n) is 4.02. The van der Waals surface area contributed by atoms with E-state index in [9.17, 15) is 0 Å². The SMILES string of the molecule is CCCCNc1cc(Nc2ccccc2N2CCOCC2)ncn1. The summed E-state index contributed by atoms with van der Waals surface area (Å²) < 4.78 is 5.45. The van der Waals surface area contributed by atoms with E-state index in [-0.39, 0.29) is 0 Å². The number of anilines is 4. The van der Waals surface area contributed by atoms with E-state index in [1.165, 1.54) is 5.69 Å². The fourth-order valence-corrected chi connectivity index (χ4v) is 2.71. The number of morpholine rings is 1. The molecule has 0 radical (unpaired) electrons. The van der Waals surface area contributed by atoms with Crippen LogP contribution in [0.2, 0.25) is 0 Å². The maximum absolute atomic E-state index is 5.45. The van der Waals surface area contributed by atoms with E-state index in [0.717, 1.165) is 63.0 Å². The fourth-order valence-electron chi connectivity index (χ4n) is 2.71. The smallest absolute Gasteiger partial charge is 0.135 e. The van der Waals surface area contributed by atoms with Crippen LogP contribution in [0.3, 0.4) is 0 Å². The largest absolute Gasteiger partial charge is 0.378 e. The van der Waals surface area contributed by atoms with Crippen LogP contribution in [0.25, 0.3) is 0 Å². The number of benzene rings is 1. The number of unbranched alkanes of at least 4 members (excludes halogenated alkanes) is 1. The molecule has 2 heterocycles. The molecule has 2 N–H and O–H groups in total. The Morgan fingerprint density at radius 1 is 1.12 bits per heavy atom. The lowest BCUT2D eigenvalue weighted by Crippen LogP contribution is -2.36. The number of ether oxygens (including phenoxy) is 1. The Balaban J connectivity index is 1.72. The van der Waals surface area contributed by atoms with Crippen LogP contribution in [0, 0.1) is 0 Å². The molecule has 24 heavy (non-hydrogen) atoms. The molecule has 3 rings (SSSR count). The zero-order chi connectivity index (χ0) is 16.6. The Bertz CT molecular complexity index is 643. The van der Waals surface area contributed by atoms with Crippen LogP contribution in [0.4, 0.5) is 23.0 Å². The number of nitrogens with one attached hydrogen (secondary N) is 2. The van der Waals surface area contributed by atoms with Gasteiger partial charge in [0.2, 0.25) is 0 Å². The molecule has 0 atom stereocenters. The van der Waals surface area contributed by atoms with Crippen LogP contribution in [0.15, 0.2) is 36.7 Å². The summed E-state index contributed by atoms with van der Waals surface area (Å²) in [5, 5.41) is 6.76. The highest BCUT2D eigenvalue weighted by atomic mass is 16.5. The summed E-state index contributed by atoms with van der Waals surface area (Å²) in [5.74, 6) is 1.65. The first-order chi connectivity index (χ1) is 11.9. The molecular weight excluding hydrogens is 302 g/mol. The number of hydrogen-bond donors (Lipinski definition) is 2. The van der Waals surface area contributed by atoms with E-state index in [4.69, 9.17) is 4.74 Å². The minimum absolute atomic E-state index is 0.771. The maximum Gasteiger partial charge on any atom is 0.135 e. The predicted molar refractivity (Wildman–Crippen MR) is 98.2 cm³/mol. The first-order valence-corrected chi connectivity index (χ1v) is 8.61. The molecule has 1 fully saturated rings. The average Bonchev–Trinajstić information content (AvgIpc) is 2.64. The molecule has 0 spiro atoms. The van der Waals surface area contributed by atoms with Gasteiger partial charge in [-0.15, -0.1) is 0 Å². The Labute approximate surface area is 143 Å². The van der Waals surface area contributed by atoms with Crippen molar-refractivity contribution in [2.45, 2.75) is 19.8 Å². The lowest BCUT2D eigenvalue weighted by Gasteiger charge is -2.30. The monoisotopic (exact) mass is 327 g/mol. The van der Waals surface area contributed by atoms with Gasteiger partial charge in [-0.1, -0.05) is 25.5 Å². The standard InChI is InChI=1S/C18H25N5O/c1-2-3-8-19-17-13-18(21-14-20-17)22-15-6-4-5-7-16(15)23-9-11-24-12-10-23/h4-7,13-14H,2-3,8-12H2,1H3,(H2,19,20,21,22). The number of rotatable bonds is 7. The van der Waals surface area contributed by atoms with Gasteiger partial charge in [0.15, 0.2) is 0 Å². The lowest BCUT2D eigenvalue weighted by molar-refractivity contribution is 0.123. The molecule has 0 unspecified atom stereocenters. The summed E-state index contributed by atoms with van der Waals surface area (Å²) in [4.78, 5) is 11.0. The van der Waals surface area contributed by atoms with Crippen molar-refractivity contribution in [2.24, 2.45) is 0 Å². The number of hydrogen-bond acceptors (Lipinski definition) is 6. The Morgan fingerprint density at radius 2 is 1.92 bits per heavy atom. The van der Waals surface area contributed by atoms with Crippen molar-refractivity contribution >= 4 is 23.0 Å². The van der Waals surface area contributed by atoms with Crippen LogP contribution < -0.4 is 15.5 Å². The summed E-state index contributed by atoms with van der Waals surface area (Å²) in [6, 6.07) is 10.3. The van der Waals surface area contributed by atoms with Gasteiger partial charge in [0.05, 0.1) is 24.6 Å². The summed E-state index contributed by atoms with van der Waals surface area (Å²) in [5.41, 5.74) is 2.23. The normalized spacial score (nSPS) is 14.5. The molecular formula is C18H25N5O. The quantitative estimate of drug-likeness (QED) is 0.761. The van der Waals surface area contributed by atoms with Crippen molar-refractivity contribution in [3.63, 3.8) is 0 Å². The highest BCUT2D eigenvalue weighted by Crippen LogP contribution is 2.28. The molecule has 0 amide bonds.